The molecule has 2 heteroatoms. The summed E-state index contributed by atoms with van der Waals surface area (Å²) in [4.78, 5) is 0. The van der Waals surface area contributed by atoms with Gasteiger partial charge in [0.05, 0.1) is 0 Å². The summed E-state index contributed by atoms with van der Waals surface area (Å²) in [6.07, 6.45) is 18.6. The van der Waals surface area contributed by atoms with Crippen molar-refractivity contribution in [1.29, 1.82) is 0 Å². The molecule has 0 aromatic rings. The average molecular weight is 313 g/mol. The molecule has 1 atom stereocenters. The number of unbranched alkanes of at least 4 members (excludes halogenated alkanes) is 6. The van der Waals surface area contributed by atoms with E-state index in [-0.39, 0.29) is 0 Å². The quantitative estimate of drug-likeness (QED) is 0.276. The highest BCUT2D eigenvalue weighted by Crippen LogP contribution is 2.32. The van der Waals surface area contributed by atoms with E-state index in [0.29, 0.717) is 6.10 Å². The Hall–Kier alpha value is 0.177. The summed E-state index contributed by atoms with van der Waals surface area (Å²) in [5, 5.41) is 0. The molecule has 0 amide bonds. The molecule has 0 saturated carbocycles. The van der Waals surface area contributed by atoms with E-state index in [1.165, 1.54) is 95.6 Å². The van der Waals surface area contributed by atoms with E-state index in [1.54, 1.807) is 0 Å². The van der Waals surface area contributed by atoms with Gasteiger partial charge in [-0.05, 0) is 31.5 Å². The van der Waals surface area contributed by atoms with Crippen molar-refractivity contribution in [1.82, 2.24) is 0 Å². The number of rotatable bonds is 12. The SMILES string of the molecule is CCCCCCCC(CCCCC)O[Si]1(C)CCCCC1. The lowest BCUT2D eigenvalue weighted by Crippen LogP contribution is -2.40. The van der Waals surface area contributed by atoms with Crippen molar-refractivity contribution in [2.45, 2.75) is 122 Å². The lowest BCUT2D eigenvalue weighted by atomic mass is 10.0. The van der Waals surface area contributed by atoms with Crippen LogP contribution in [0.15, 0.2) is 0 Å². The fraction of sp³-hybridized carbons (Fsp3) is 1.00. The van der Waals surface area contributed by atoms with E-state index in [9.17, 15) is 0 Å². The fourth-order valence-corrected chi connectivity index (χ4v) is 7.20. The van der Waals surface area contributed by atoms with Crippen LogP contribution in [-0.2, 0) is 4.43 Å². The van der Waals surface area contributed by atoms with Gasteiger partial charge in [-0.25, -0.2) is 0 Å². The average Bonchev–Trinajstić information content (AvgIpc) is 2.47. The molecule has 0 aromatic carbocycles. The van der Waals surface area contributed by atoms with E-state index < -0.39 is 8.32 Å². The highest BCUT2D eigenvalue weighted by atomic mass is 28.4. The van der Waals surface area contributed by atoms with Crippen molar-refractivity contribution >= 4 is 8.32 Å². The second-order valence-corrected chi connectivity index (χ2v) is 11.6. The fourth-order valence-electron chi connectivity index (χ4n) is 3.68. The van der Waals surface area contributed by atoms with Crippen LogP contribution < -0.4 is 0 Å². The van der Waals surface area contributed by atoms with Gasteiger partial charge < -0.3 is 4.43 Å². The van der Waals surface area contributed by atoms with E-state index in [4.69, 9.17) is 4.43 Å². The molecule has 0 aromatic heterocycles. The van der Waals surface area contributed by atoms with Gasteiger partial charge in [0.15, 0.2) is 8.32 Å². The third-order valence-electron chi connectivity index (χ3n) is 5.12. The summed E-state index contributed by atoms with van der Waals surface area (Å²) < 4.78 is 6.77. The Bertz CT molecular complexity index is 236. The van der Waals surface area contributed by atoms with Crippen molar-refractivity contribution in [2.75, 3.05) is 0 Å². The van der Waals surface area contributed by atoms with E-state index in [1.807, 2.05) is 0 Å². The zero-order valence-corrected chi connectivity index (χ0v) is 16.1. The smallest absolute Gasteiger partial charge is 0.190 e. The van der Waals surface area contributed by atoms with Crippen LogP contribution in [0.25, 0.3) is 0 Å². The minimum Gasteiger partial charge on any atom is -0.414 e. The van der Waals surface area contributed by atoms with Crippen LogP contribution in [0.2, 0.25) is 18.6 Å². The van der Waals surface area contributed by atoms with Gasteiger partial charge >= 0.3 is 0 Å². The summed E-state index contributed by atoms with van der Waals surface area (Å²) in [5.74, 6) is 0. The van der Waals surface area contributed by atoms with Gasteiger partial charge in [0.1, 0.15) is 0 Å². The van der Waals surface area contributed by atoms with Gasteiger partial charge in [0, 0.05) is 6.10 Å². The van der Waals surface area contributed by atoms with Crippen LogP contribution in [0.4, 0.5) is 0 Å². The van der Waals surface area contributed by atoms with Crippen LogP contribution in [0.5, 0.6) is 0 Å². The maximum Gasteiger partial charge on any atom is 0.190 e. The maximum absolute atomic E-state index is 6.77. The summed E-state index contributed by atoms with van der Waals surface area (Å²) in [5.41, 5.74) is 0. The molecule has 0 bridgehead atoms. The van der Waals surface area contributed by atoms with Crippen molar-refractivity contribution in [2.24, 2.45) is 0 Å². The molecule has 1 aliphatic heterocycles. The standard InChI is InChI=1S/C19H40OSi/c1-4-6-8-9-12-16-19(15-11-7-5-2)20-21(3)17-13-10-14-18-21/h19H,4-18H2,1-3H3. The molecule has 1 fully saturated rings. The molecule has 0 spiro atoms. The zero-order valence-electron chi connectivity index (χ0n) is 15.1. The molecule has 126 valence electrons. The minimum atomic E-state index is -1.34. The molecular weight excluding hydrogens is 272 g/mol. The van der Waals surface area contributed by atoms with Crippen LogP contribution >= 0.6 is 0 Å². The van der Waals surface area contributed by atoms with Crippen molar-refractivity contribution in [3.05, 3.63) is 0 Å². The predicted molar refractivity (Wildman–Crippen MR) is 97.5 cm³/mol. The molecule has 1 aliphatic rings. The maximum atomic E-state index is 6.77. The van der Waals surface area contributed by atoms with Gasteiger partial charge in [0.2, 0.25) is 0 Å². The Balaban J connectivity index is 2.31. The first-order valence-electron chi connectivity index (χ1n) is 9.88. The lowest BCUT2D eigenvalue weighted by molar-refractivity contribution is 0.158. The summed E-state index contributed by atoms with van der Waals surface area (Å²) in [6.45, 7) is 7.11. The Morgan fingerprint density at radius 1 is 0.762 bits per heavy atom. The highest BCUT2D eigenvalue weighted by molar-refractivity contribution is 6.72. The van der Waals surface area contributed by atoms with E-state index in [2.05, 4.69) is 20.4 Å². The Morgan fingerprint density at radius 2 is 1.29 bits per heavy atom. The Labute approximate surface area is 135 Å². The predicted octanol–water partition coefficient (Wildman–Crippen LogP) is 7.07. The molecule has 21 heavy (non-hydrogen) atoms. The largest absolute Gasteiger partial charge is 0.414 e. The minimum absolute atomic E-state index is 0.591. The molecule has 1 rings (SSSR count). The normalized spacial score (nSPS) is 19.6. The molecule has 0 N–H and O–H groups in total. The first kappa shape index (κ1) is 19.2. The Kier molecular flexibility index (Phi) is 10.7. The molecule has 1 nitrogen and oxygen atoms in total. The highest BCUT2D eigenvalue weighted by Gasteiger charge is 2.33. The van der Waals surface area contributed by atoms with Crippen molar-refractivity contribution < 1.29 is 4.43 Å². The second kappa shape index (κ2) is 11.7. The molecular formula is C19H40OSi. The van der Waals surface area contributed by atoms with Crippen molar-refractivity contribution in [3.63, 3.8) is 0 Å². The monoisotopic (exact) mass is 312 g/mol. The summed E-state index contributed by atoms with van der Waals surface area (Å²) in [6, 6.07) is 2.85. The lowest BCUT2D eigenvalue weighted by Gasteiger charge is -2.35. The van der Waals surface area contributed by atoms with Gasteiger partial charge in [0.25, 0.3) is 0 Å². The topological polar surface area (TPSA) is 9.23 Å². The number of hydrogen-bond donors (Lipinski definition) is 0. The summed E-state index contributed by atoms with van der Waals surface area (Å²) in [7, 11) is -1.34. The molecule has 1 saturated heterocycles. The molecule has 1 unspecified atom stereocenters. The second-order valence-electron chi connectivity index (χ2n) is 7.45. The number of hydrogen-bond acceptors (Lipinski definition) is 1. The van der Waals surface area contributed by atoms with E-state index >= 15 is 0 Å². The third-order valence-corrected chi connectivity index (χ3v) is 8.85. The third kappa shape index (κ3) is 9.03. The first-order chi connectivity index (χ1) is 10.2. The van der Waals surface area contributed by atoms with Crippen LogP contribution in [-0.4, -0.2) is 14.4 Å². The molecule has 0 aliphatic carbocycles. The van der Waals surface area contributed by atoms with Gasteiger partial charge in [-0.3, -0.25) is 0 Å². The van der Waals surface area contributed by atoms with Crippen LogP contribution in [0.1, 0.15) is 97.3 Å². The van der Waals surface area contributed by atoms with E-state index in [0.717, 1.165) is 0 Å². The van der Waals surface area contributed by atoms with Gasteiger partial charge in [-0.1, -0.05) is 84.5 Å². The van der Waals surface area contributed by atoms with Crippen LogP contribution in [0.3, 0.4) is 0 Å². The van der Waals surface area contributed by atoms with Gasteiger partial charge in [-0.15, -0.1) is 0 Å². The van der Waals surface area contributed by atoms with Crippen LogP contribution in [0, 0.1) is 0 Å². The van der Waals surface area contributed by atoms with Gasteiger partial charge in [-0.2, -0.15) is 0 Å². The molecule has 1 heterocycles. The van der Waals surface area contributed by atoms with Crippen molar-refractivity contribution in [3.8, 4) is 0 Å². The molecule has 0 radical (unpaired) electrons. The first-order valence-corrected chi connectivity index (χ1v) is 12.7. The summed E-state index contributed by atoms with van der Waals surface area (Å²) >= 11 is 0. The Morgan fingerprint density at radius 3 is 1.90 bits per heavy atom. The zero-order chi connectivity index (χ0) is 15.4.